The molecule has 14 aromatic rings. The number of benzene rings is 10. The van der Waals surface area contributed by atoms with Gasteiger partial charge in [-0.3, -0.25) is 0 Å². The monoisotopic (exact) mass is 881 g/mol. The highest BCUT2D eigenvalue weighted by molar-refractivity contribution is 6.26. The standard InChI is InChI=1S/C63H39N5O/c1-4-19-40(20-5-1)45-27-10-12-31-53(45)62-64-61(65-63(66-62)54-32-13-11-28-46(54)41-21-6-2-7-22-41)42-23-18-26-44(39-42)68-56-34-17-15-30-48(56)50-36-38-52-51-37-35-49-47-29-14-16-33-55(47)67(43-24-8-3-9-25-43)57(49)59(51)69-60(52)58(50)68/h1-39H. The van der Waals surface area contributed by atoms with Crippen LogP contribution in [0.25, 0.3) is 133 Å². The van der Waals surface area contributed by atoms with E-state index in [0.29, 0.717) is 17.5 Å². The van der Waals surface area contributed by atoms with Gasteiger partial charge in [0.15, 0.2) is 28.6 Å². The quantitative estimate of drug-likeness (QED) is 0.160. The van der Waals surface area contributed by atoms with Gasteiger partial charge >= 0.3 is 0 Å². The van der Waals surface area contributed by atoms with E-state index < -0.39 is 0 Å². The molecule has 6 heteroatoms. The van der Waals surface area contributed by atoms with E-state index in [1.54, 1.807) is 0 Å². The Hall–Kier alpha value is -9.39. The van der Waals surface area contributed by atoms with Gasteiger partial charge in [0.25, 0.3) is 0 Å². The van der Waals surface area contributed by atoms with Gasteiger partial charge in [-0.2, -0.15) is 0 Å². The van der Waals surface area contributed by atoms with Crippen molar-refractivity contribution in [1.82, 2.24) is 24.1 Å². The highest BCUT2D eigenvalue weighted by Gasteiger charge is 2.24. The van der Waals surface area contributed by atoms with Gasteiger partial charge in [-0.05, 0) is 70.8 Å². The first kappa shape index (κ1) is 38.8. The molecule has 0 bridgehead atoms. The lowest BCUT2D eigenvalue weighted by Gasteiger charge is -2.14. The van der Waals surface area contributed by atoms with Crippen molar-refractivity contribution in [1.29, 1.82) is 0 Å². The lowest BCUT2D eigenvalue weighted by Crippen LogP contribution is -2.02. The number of rotatable bonds is 7. The topological polar surface area (TPSA) is 61.7 Å². The van der Waals surface area contributed by atoms with Crippen LogP contribution in [0.1, 0.15) is 0 Å². The van der Waals surface area contributed by atoms with Crippen LogP contribution in [0.4, 0.5) is 0 Å². The smallest absolute Gasteiger partial charge is 0.164 e. The Labute approximate surface area is 396 Å². The molecule has 6 nitrogen and oxygen atoms in total. The van der Waals surface area contributed by atoms with E-state index in [1.165, 1.54) is 5.39 Å². The fourth-order valence-electron chi connectivity index (χ4n) is 10.5. The minimum absolute atomic E-state index is 0.577. The number of nitrogens with zero attached hydrogens (tertiary/aromatic N) is 5. The van der Waals surface area contributed by atoms with Crippen molar-refractivity contribution in [2.75, 3.05) is 0 Å². The first-order chi connectivity index (χ1) is 34.2. The van der Waals surface area contributed by atoms with Crippen LogP contribution >= 0.6 is 0 Å². The van der Waals surface area contributed by atoms with E-state index in [1.807, 2.05) is 12.1 Å². The third-order valence-electron chi connectivity index (χ3n) is 13.6. The first-order valence-electron chi connectivity index (χ1n) is 23.3. The van der Waals surface area contributed by atoms with Crippen molar-refractivity contribution in [2.45, 2.75) is 0 Å². The van der Waals surface area contributed by atoms with Crippen molar-refractivity contribution in [3.8, 4) is 67.8 Å². The van der Waals surface area contributed by atoms with E-state index in [4.69, 9.17) is 19.4 Å². The summed E-state index contributed by atoms with van der Waals surface area (Å²) in [5.41, 5.74) is 15.0. The second-order valence-corrected chi connectivity index (χ2v) is 17.5. The highest BCUT2D eigenvalue weighted by Crippen LogP contribution is 2.45. The minimum Gasteiger partial charge on any atom is -0.452 e. The Bertz CT molecular complexity index is 4200. The Morgan fingerprint density at radius 2 is 0.667 bits per heavy atom. The summed E-state index contributed by atoms with van der Waals surface area (Å²) in [5, 5.41) is 6.73. The maximum absolute atomic E-state index is 7.33. The molecule has 0 aliphatic carbocycles. The Balaban J connectivity index is 1.01. The molecule has 0 unspecified atom stereocenters. The molecule has 69 heavy (non-hydrogen) atoms. The van der Waals surface area contributed by atoms with E-state index in [-0.39, 0.29) is 0 Å². The third kappa shape index (κ3) is 6.16. The van der Waals surface area contributed by atoms with Crippen molar-refractivity contribution in [3.63, 3.8) is 0 Å². The summed E-state index contributed by atoms with van der Waals surface area (Å²) in [4.78, 5) is 16.0. The van der Waals surface area contributed by atoms with Gasteiger partial charge in [0.1, 0.15) is 0 Å². The Kier molecular flexibility index (Phi) is 8.79. The average molecular weight is 882 g/mol. The zero-order valence-electron chi connectivity index (χ0n) is 37.2. The Morgan fingerprint density at radius 3 is 1.20 bits per heavy atom. The molecule has 0 saturated carbocycles. The molecule has 0 N–H and O–H groups in total. The largest absolute Gasteiger partial charge is 0.452 e. The molecule has 322 valence electrons. The molecule has 0 saturated heterocycles. The summed E-state index contributed by atoms with van der Waals surface area (Å²) >= 11 is 0. The van der Waals surface area contributed by atoms with Crippen LogP contribution in [0.15, 0.2) is 241 Å². The predicted molar refractivity (Wildman–Crippen MR) is 283 cm³/mol. The van der Waals surface area contributed by atoms with Crippen LogP contribution in [0.2, 0.25) is 0 Å². The van der Waals surface area contributed by atoms with Gasteiger partial charge in [-0.1, -0.05) is 188 Å². The lowest BCUT2D eigenvalue weighted by molar-refractivity contribution is 0.673. The SMILES string of the molecule is c1ccc(-c2ccccc2-c2nc(-c3cccc(-n4c5ccccc5c5ccc6c7ccc8c9ccccc9n(-c9ccccc9)c8c7oc6c54)c3)nc(-c3ccccc3-c3ccccc3)n2)cc1. The molecule has 4 aromatic heterocycles. The number of fused-ring (bicyclic) bond motifs is 11. The molecule has 0 amide bonds. The molecule has 0 aliphatic heterocycles. The summed E-state index contributed by atoms with van der Waals surface area (Å²) in [6.45, 7) is 0. The molecule has 0 radical (unpaired) electrons. The van der Waals surface area contributed by atoms with E-state index in [0.717, 1.165) is 110 Å². The van der Waals surface area contributed by atoms with Crippen LogP contribution in [-0.2, 0) is 0 Å². The molecule has 4 heterocycles. The molecule has 0 fully saturated rings. The Morgan fingerprint density at radius 1 is 0.275 bits per heavy atom. The third-order valence-corrected chi connectivity index (χ3v) is 13.6. The second-order valence-electron chi connectivity index (χ2n) is 17.5. The van der Waals surface area contributed by atoms with Crippen molar-refractivity contribution in [3.05, 3.63) is 237 Å². The van der Waals surface area contributed by atoms with Crippen LogP contribution in [-0.4, -0.2) is 24.1 Å². The molecule has 0 spiro atoms. The van der Waals surface area contributed by atoms with E-state index in [9.17, 15) is 0 Å². The van der Waals surface area contributed by atoms with Gasteiger partial charge < -0.3 is 13.6 Å². The molecule has 0 aliphatic rings. The van der Waals surface area contributed by atoms with Gasteiger partial charge in [-0.25, -0.2) is 15.0 Å². The van der Waals surface area contributed by atoms with Crippen LogP contribution in [0, 0.1) is 0 Å². The highest BCUT2D eigenvalue weighted by atomic mass is 16.3. The summed E-state index contributed by atoms with van der Waals surface area (Å²) in [7, 11) is 0. The maximum Gasteiger partial charge on any atom is 0.164 e. The predicted octanol–water partition coefficient (Wildman–Crippen LogP) is 16.3. The zero-order chi connectivity index (χ0) is 45.4. The summed E-state index contributed by atoms with van der Waals surface area (Å²) in [5.74, 6) is 1.78. The van der Waals surface area contributed by atoms with Gasteiger partial charge in [0.05, 0.1) is 22.1 Å². The van der Waals surface area contributed by atoms with Crippen molar-refractivity contribution >= 4 is 65.6 Å². The normalized spacial score (nSPS) is 11.8. The number of para-hydroxylation sites is 3. The second kappa shape index (κ2) is 15.6. The lowest BCUT2D eigenvalue weighted by atomic mass is 9.98. The summed E-state index contributed by atoms with van der Waals surface area (Å²) in [6.07, 6.45) is 0. The number of aromatic nitrogens is 5. The van der Waals surface area contributed by atoms with Crippen molar-refractivity contribution < 1.29 is 4.42 Å². The summed E-state index contributed by atoms with van der Waals surface area (Å²) < 4.78 is 12.0. The molecule has 0 atom stereocenters. The fraction of sp³-hybridized carbons (Fsp3) is 0. The molecular formula is C63H39N5O. The molecule has 14 rings (SSSR count). The van der Waals surface area contributed by atoms with Crippen LogP contribution in [0.5, 0.6) is 0 Å². The number of furan rings is 1. The zero-order valence-corrected chi connectivity index (χ0v) is 37.2. The first-order valence-corrected chi connectivity index (χ1v) is 23.3. The van der Waals surface area contributed by atoms with E-state index >= 15 is 0 Å². The van der Waals surface area contributed by atoms with Crippen LogP contribution < -0.4 is 0 Å². The van der Waals surface area contributed by atoms with Gasteiger partial charge in [0.2, 0.25) is 0 Å². The van der Waals surface area contributed by atoms with Crippen LogP contribution in [0.3, 0.4) is 0 Å². The maximum atomic E-state index is 7.33. The van der Waals surface area contributed by atoms with Crippen molar-refractivity contribution in [2.24, 2.45) is 0 Å². The molecular weight excluding hydrogens is 843 g/mol. The minimum atomic E-state index is 0.577. The van der Waals surface area contributed by atoms with E-state index in [2.05, 4.69) is 234 Å². The number of hydrogen-bond acceptors (Lipinski definition) is 4. The van der Waals surface area contributed by atoms with Gasteiger partial charge in [-0.15, -0.1) is 0 Å². The fourth-order valence-corrected chi connectivity index (χ4v) is 10.5. The molecule has 10 aromatic carbocycles. The average Bonchev–Trinajstić information content (AvgIpc) is 4.10. The number of hydrogen-bond donors (Lipinski definition) is 0. The summed E-state index contributed by atoms with van der Waals surface area (Å²) in [6, 6.07) is 83.0. The van der Waals surface area contributed by atoms with Gasteiger partial charge in [0, 0.05) is 60.4 Å².